The van der Waals surface area contributed by atoms with E-state index in [0.717, 1.165) is 55.3 Å². The third-order valence-corrected chi connectivity index (χ3v) is 4.90. The number of aliphatic hydroxyl groups is 1. The van der Waals surface area contributed by atoms with Gasteiger partial charge in [0.2, 0.25) is 0 Å². The highest BCUT2D eigenvalue weighted by Gasteiger charge is 2.19. The first-order chi connectivity index (χ1) is 12.1. The van der Waals surface area contributed by atoms with E-state index < -0.39 is 6.10 Å². The lowest BCUT2D eigenvalue weighted by Crippen LogP contribution is -2.28. The van der Waals surface area contributed by atoms with Crippen LogP contribution in [0.5, 0.6) is 5.75 Å². The zero-order valence-corrected chi connectivity index (χ0v) is 15.7. The van der Waals surface area contributed by atoms with Crippen molar-refractivity contribution in [1.29, 1.82) is 0 Å². The predicted molar refractivity (Wildman–Crippen MR) is 99.1 cm³/mol. The van der Waals surface area contributed by atoms with Gasteiger partial charge in [-0.05, 0) is 43.5 Å². The van der Waals surface area contributed by atoms with Gasteiger partial charge in [-0.2, -0.15) is 5.10 Å². The smallest absolute Gasteiger partial charge is 0.138 e. The minimum atomic E-state index is -0.473. The average molecular weight is 364 g/mol. The highest BCUT2D eigenvalue weighted by Crippen LogP contribution is 2.25. The largest absolute Gasteiger partial charge is 0.491 e. The third-order valence-electron chi connectivity index (χ3n) is 4.59. The summed E-state index contributed by atoms with van der Waals surface area (Å²) in [5.41, 5.74) is 3.08. The van der Waals surface area contributed by atoms with Gasteiger partial charge >= 0.3 is 0 Å². The van der Waals surface area contributed by atoms with Crippen molar-refractivity contribution < 1.29 is 9.84 Å². The maximum Gasteiger partial charge on any atom is 0.138 e. The average Bonchev–Trinajstić information content (AvgIpc) is 2.90. The van der Waals surface area contributed by atoms with Crippen LogP contribution in [0.15, 0.2) is 24.3 Å². The molecule has 2 aromatic rings. The Balaban J connectivity index is 1.58. The zero-order chi connectivity index (χ0) is 17.8. The molecule has 6 heteroatoms. The van der Waals surface area contributed by atoms with Crippen molar-refractivity contribution in [3.8, 4) is 5.75 Å². The van der Waals surface area contributed by atoms with Crippen LogP contribution in [0.3, 0.4) is 0 Å². The highest BCUT2D eigenvalue weighted by molar-refractivity contribution is 6.32. The fourth-order valence-electron chi connectivity index (χ4n) is 3.12. The Labute approximate surface area is 154 Å². The van der Waals surface area contributed by atoms with E-state index >= 15 is 0 Å². The second kappa shape index (κ2) is 8.21. The van der Waals surface area contributed by atoms with E-state index in [0.29, 0.717) is 18.1 Å². The van der Waals surface area contributed by atoms with Crippen LogP contribution in [-0.4, -0.2) is 39.5 Å². The summed E-state index contributed by atoms with van der Waals surface area (Å²) in [5, 5.41) is 15.2. The summed E-state index contributed by atoms with van der Waals surface area (Å²) in [7, 11) is 0. The van der Waals surface area contributed by atoms with Gasteiger partial charge < -0.3 is 9.84 Å². The number of nitrogens with zero attached hydrogens (tertiary/aromatic N) is 3. The van der Waals surface area contributed by atoms with Crippen LogP contribution in [0.2, 0.25) is 5.02 Å². The van der Waals surface area contributed by atoms with Crippen molar-refractivity contribution in [1.82, 2.24) is 14.7 Å². The Hall–Kier alpha value is -1.56. The van der Waals surface area contributed by atoms with Gasteiger partial charge in [0.1, 0.15) is 12.4 Å². The van der Waals surface area contributed by atoms with Crippen molar-refractivity contribution in [3.05, 3.63) is 46.2 Å². The second-order valence-corrected chi connectivity index (χ2v) is 7.03. The fraction of sp³-hybridized carbons (Fsp3) is 0.526. The minimum absolute atomic E-state index is 0.473. The molecule has 1 N–H and O–H groups in total. The molecule has 3 rings (SSSR count). The molecule has 0 radical (unpaired) electrons. The van der Waals surface area contributed by atoms with E-state index in [2.05, 4.69) is 10.00 Å². The molecule has 0 saturated carbocycles. The summed E-state index contributed by atoms with van der Waals surface area (Å²) in [6.07, 6.45) is 1.26. The lowest BCUT2D eigenvalue weighted by molar-refractivity contribution is 0.167. The van der Waals surface area contributed by atoms with Gasteiger partial charge in [0.25, 0.3) is 0 Å². The number of aromatic nitrogens is 2. The number of rotatable bonds is 6. The molecule has 1 aliphatic heterocycles. The quantitative estimate of drug-likeness (QED) is 0.852. The van der Waals surface area contributed by atoms with Gasteiger partial charge in [0, 0.05) is 26.2 Å². The molecule has 25 heavy (non-hydrogen) atoms. The van der Waals surface area contributed by atoms with Crippen LogP contribution in [0, 0.1) is 6.92 Å². The minimum Gasteiger partial charge on any atom is -0.491 e. The number of ether oxygens (including phenoxy) is 1. The Bertz CT molecular complexity index is 717. The molecule has 0 bridgehead atoms. The molecule has 0 fully saturated rings. The number of fused-ring (bicyclic) bond motifs is 1. The lowest BCUT2D eigenvalue weighted by atomic mass is 10.2. The van der Waals surface area contributed by atoms with E-state index in [-0.39, 0.29) is 0 Å². The van der Waals surface area contributed by atoms with E-state index in [1.807, 2.05) is 42.8 Å². The maximum atomic E-state index is 10.0. The van der Waals surface area contributed by atoms with E-state index in [1.165, 1.54) is 0 Å². The molecule has 2 heterocycles. The lowest BCUT2D eigenvalue weighted by Gasteiger charge is -2.20. The first-order valence-electron chi connectivity index (χ1n) is 8.93. The Morgan fingerprint density at radius 3 is 2.96 bits per heavy atom. The zero-order valence-electron chi connectivity index (χ0n) is 14.9. The molecule has 0 saturated heterocycles. The third kappa shape index (κ3) is 4.54. The highest BCUT2D eigenvalue weighted by atomic mass is 35.5. The molecule has 5 nitrogen and oxygen atoms in total. The molecule has 0 unspecified atom stereocenters. The summed E-state index contributed by atoms with van der Waals surface area (Å²) in [5.74, 6) is 0.745. The number of hydrogen-bond acceptors (Lipinski definition) is 4. The van der Waals surface area contributed by atoms with E-state index in [9.17, 15) is 5.11 Å². The topological polar surface area (TPSA) is 50.5 Å². The van der Waals surface area contributed by atoms with Crippen molar-refractivity contribution in [2.24, 2.45) is 0 Å². The number of halogens is 1. The normalized spacial score (nSPS) is 16.3. The van der Waals surface area contributed by atoms with Crippen molar-refractivity contribution >= 4 is 11.6 Å². The summed E-state index contributed by atoms with van der Waals surface area (Å²) in [6, 6.07) is 7.85. The van der Waals surface area contributed by atoms with Crippen molar-refractivity contribution in [2.45, 2.75) is 45.9 Å². The molecule has 1 aliphatic rings. The van der Waals surface area contributed by atoms with Crippen LogP contribution in [0.25, 0.3) is 0 Å². The predicted octanol–water partition coefficient (Wildman–Crippen LogP) is 3.57. The van der Waals surface area contributed by atoms with Gasteiger partial charge in [-0.3, -0.25) is 9.58 Å². The number of hydrogen-bond donors (Lipinski definition) is 1. The number of benzene rings is 1. The molecular formula is C19H26ClN3O2. The number of aryl methyl sites for hydroxylation is 2. The van der Waals surface area contributed by atoms with Crippen LogP contribution >= 0.6 is 11.6 Å². The first kappa shape index (κ1) is 18.2. The molecule has 136 valence electrons. The van der Waals surface area contributed by atoms with Crippen LogP contribution in [-0.2, 0) is 13.1 Å². The van der Waals surface area contributed by atoms with Gasteiger partial charge in [-0.15, -0.1) is 0 Å². The molecule has 1 aromatic heterocycles. The molecule has 0 amide bonds. The molecule has 0 spiro atoms. The van der Waals surface area contributed by atoms with Crippen LogP contribution < -0.4 is 4.74 Å². The summed E-state index contributed by atoms with van der Waals surface area (Å²) in [6.45, 7) is 8.17. The monoisotopic (exact) mass is 363 g/mol. The van der Waals surface area contributed by atoms with Crippen molar-refractivity contribution in [2.75, 3.05) is 19.7 Å². The molecule has 0 aliphatic carbocycles. The van der Waals surface area contributed by atoms with Crippen LogP contribution in [0.1, 0.15) is 42.8 Å². The molecule has 1 aromatic carbocycles. The maximum absolute atomic E-state index is 10.0. The Kier molecular flexibility index (Phi) is 5.99. The van der Waals surface area contributed by atoms with Crippen molar-refractivity contribution in [3.63, 3.8) is 0 Å². The second-order valence-electron chi connectivity index (χ2n) is 6.62. The van der Waals surface area contributed by atoms with Gasteiger partial charge in [0.05, 0.1) is 22.5 Å². The number of aliphatic hydroxyl groups excluding tert-OH is 1. The first-order valence-corrected chi connectivity index (χ1v) is 9.30. The van der Waals surface area contributed by atoms with Crippen LogP contribution in [0.4, 0.5) is 0 Å². The van der Waals surface area contributed by atoms with E-state index in [1.54, 1.807) is 0 Å². The molecular weight excluding hydrogens is 338 g/mol. The molecule has 1 atom stereocenters. The SMILES string of the molecule is CC[C@@H](O)c1cc2n(n1)CCCN(CCOc1cc(C)ccc1Cl)C2. The standard InChI is InChI=1S/C19H26ClN3O2/c1-3-18(24)17-12-15-13-22(7-4-8-23(15)21-17)9-10-25-19-11-14(2)5-6-16(19)20/h5-6,11-12,18,24H,3-4,7-10,13H2,1-2H3/t18-/m1/s1. The van der Waals surface area contributed by atoms with E-state index in [4.69, 9.17) is 16.3 Å². The Morgan fingerprint density at radius 1 is 1.32 bits per heavy atom. The Morgan fingerprint density at radius 2 is 2.16 bits per heavy atom. The fourth-order valence-corrected chi connectivity index (χ4v) is 3.29. The summed E-state index contributed by atoms with van der Waals surface area (Å²) in [4.78, 5) is 2.37. The summed E-state index contributed by atoms with van der Waals surface area (Å²) < 4.78 is 7.91. The van der Waals surface area contributed by atoms with Gasteiger partial charge in [0.15, 0.2) is 0 Å². The summed E-state index contributed by atoms with van der Waals surface area (Å²) >= 11 is 6.18. The van der Waals surface area contributed by atoms with Gasteiger partial charge in [-0.1, -0.05) is 24.6 Å². The van der Waals surface area contributed by atoms with Gasteiger partial charge in [-0.25, -0.2) is 0 Å².